The lowest BCUT2D eigenvalue weighted by Gasteiger charge is -2.30. The maximum absolute atomic E-state index is 13.1. The number of nitrogens with one attached hydrogen (secondary N) is 1. The van der Waals surface area contributed by atoms with Crippen LogP contribution in [0.5, 0.6) is 0 Å². The van der Waals surface area contributed by atoms with Gasteiger partial charge >= 0.3 is 0 Å². The van der Waals surface area contributed by atoms with Gasteiger partial charge in [0, 0.05) is 24.7 Å². The summed E-state index contributed by atoms with van der Waals surface area (Å²) in [5.74, 6) is 0.336. The van der Waals surface area contributed by atoms with Gasteiger partial charge in [-0.2, -0.15) is 4.31 Å². The van der Waals surface area contributed by atoms with E-state index in [-0.39, 0.29) is 11.8 Å². The molecule has 0 saturated carbocycles. The molecule has 1 aliphatic heterocycles. The number of sulfonamides is 1. The Labute approximate surface area is 198 Å². The highest BCUT2D eigenvalue weighted by Gasteiger charge is 2.31. The molecule has 0 bridgehead atoms. The van der Waals surface area contributed by atoms with E-state index in [9.17, 15) is 13.2 Å². The quantitative estimate of drug-likeness (QED) is 0.531. The Bertz CT molecular complexity index is 1180. The number of anilines is 1. The van der Waals surface area contributed by atoms with Crippen LogP contribution in [0.2, 0.25) is 0 Å². The molecule has 1 aromatic heterocycles. The molecule has 7 nitrogen and oxygen atoms in total. The number of rotatable bonds is 7. The van der Waals surface area contributed by atoms with Crippen LogP contribution < -0.4 is 5.32 Å². The zero-order valence-electron chi connectivity index (χ0n) is 18.8. The van der Waals surface area contributed by atoms with E-state index in [0.717, 1.165) is 17.0 Å². The highest BCUT2D eigenvalue weighted by molar-refractivity contribution is 7.89. The standard InChI is InChI=1S/C24H28N4O3S2/c1-17(2)16-18-8-10-21(11-9-18)33(30,31)28-14-12-19(13-15-28)23-26-27-24(32-23)22(29)25-20-6-4-3-5-7-20/h3-11,17,19H,12-16H2,1-2H3,(H,25,29). The Kier molecular flexibility index (Phi) is 7.21. The van der Waals surface area contributed by atoms with Gasteiger partial charge in [0.05, 0.1) is 4.90 Å². The van der Waals surface area contributed by atoms with Crippen molar-refractivity contribution in [2.75, 3.05) is 18.4 Å². The normalized spacial score (nSPS) is 15.6. The Balaban J connectivity index is 1.36. The Morgan fingerprint density at radius 2 is 1.73 bits per heavy atom. The fraction of sp³-hybridized carbons (Fsp3) is 0.375. The molecule has 1 aliphatic rings. The number of benzene rings is 2. The Hall–Kier alpha value is -2.62. The van der Waals surface area contributed by atoms with Crippen molar-refractivity contribution in [3.05, 3.63) is 70.2 Å². The van der Waals surface area contributed by atoms with Crippen molar-refractivity contribution >= 4 is 33.0 Å². The zero-order chi connectivity index (χ0) is 23.4. The second kappa shape index (κ2) is 10.1. The number of hydrogen-bond acceptors (Lipinski definition) is 6. The molecule has 2 aromatic carbocycles. The first-order valence-electron chi connectivity index (χ1n) is 11.1. The lowest BCUT2D eigenvalue weighted by Crippen LogP contribution is -2.37. The molecule has 33 heavy (non-hydrogen) atoms. The van der Waals surface area contributed by atoms with Crippen molar-refractivity contribution in [1.29, 1.82) is 0 Å². The number of carbonyl (C=O) groups is 1. The summed E-state index contributed by atoms with van der Waals surface area (Å²) in [7, 11) is -3.52. The molecular weight excluding hydrogens is 456 g/mol. The summed E-state index contributed by atoms with van der Waals surface area (Å²) in [4.78, 5) is 12.8. The van der Waals surface area contributed by atoms with Gasteiger partial charge in [0.25, 0.3) is 5.91 Å². The molecule has 0 aliphatic carbocycles. The summed E-state index contributed by atoms with van der Waals surface area (Å²) in [5, 5.41) is 12.2. The van der Waals surface area contributed by atoms with E-state index in [4.69, 9.17) is 0 Å². The van der Waals surface area contributed by atoms with Gasteiger partial charge in [-0.15, -0.1) is 10.2 Å². The molecule has 174 valence electrons. The maximum atomic E-state index is 13.1. The van der Waals surface area contributed by atoms with Crippen molar-refractivity contribution < 1.29 is 13.2 Å². The molecule has 2 heterocycles. The molecule has 3 aromatic rings. The van der Waals surface area contributed by atoms with Crippen LogP contribution in [0.25, 0.3) is 0 Å². The van der Waals surface area contributed by atoms with Crippen LogP contribution >= 0.6 is 11.3 Å². The van der Waals surface area contributed by atoms with Crippen LogP contribution in [-0.4, -0.2) is 41.9 Å². The molecule has 4 rings (SSSR count). The number of aromatic nitrogens is 2. The molecule has 0 radical (unpaired) electrons. The summed E-state index contributed by atoms with van der Waals surface area (Å²) < 4.78 is 27.7. The minimum Gasteiger partial charge on any atom is -0.320 e. The molecule has 0 unspecified atom stereocenters. The van der Waals surface area contributed by atoms with Gasteiger partial charge < -0.3 is 5.32 Å². The summed E-state index contributed by atoms with van der Waals surface area (Å²) >= 11 is 1.28. The van der Waals surface area contributed by atoms with Gasteiger partial charge in [-0.3, -0.25) is 4.79 Å². The highest BCUT2D eigenvalue weighted by Crippen LogP contribution is 2.32. The average Bonchev–Trinajstić information content (AvgIpc) is 3.30. The van der Waals surface area contributed by atoms with E-state index in [0.29, 0.717) is 47.4 Å². The van der Waals surface area contributed by atoms with Gasteiger partial charge in [-0.1, -0.05) is 55.5 Å². The predicted molar refractivity (Wildman–Crippen MR) is 130 cm³/mol. The van der Waals surface area contributed by atoms with Crippen LogP contribution in [-0.2, 0) is 16.4 Å². The summed E-state index contributed by atoms with van der Waals surface area (Å²) in [6.45, 7) is 5.13. The third-order valence-electron chi connectivity index (χ3n) is 5.67. The number of hydrogen-bond donors (Lipinski definition) is 1. The molecule has 1 saturated heterocycles. The fourth-order valence-electron chi connectivity index (χ4n) is 3.96. The predicted octanol–water partition coefficient (Wildman–Crippen LogP) is 4.56. The number of amides is 1. The molecule has 1 N–H and O–H groups in total. The fourth-order valence-corrected chi connectivity index (χ4v) is 6.34. The van der Waals surface area contributed by atoms with Gasteiger partial charge in [0.15, 0.2) is 0 Å². The van der Waals surface area contributed by atoms with E-state index >= 15 is 0 Å². The lowest BCUT2D eigenvalue weighted by molar-refractivity contribution is 0.102. The smallest absolute Gasteiger partial charge is 0.286 e. The third kappa shape index (κ3) is 5.66. The first kappa shape index (κ1) is 23.5. The highest BCUT2D eigenvalue weighted by atomic mass is 32.2. The number of carbonyl (C=O) groups excluding carboxylic acids is 1. The Morgan fingerprint density at radius 3 is 2.36 bits per heavy atom. The molecule has 0 spiro atoms. The van der Waals surface area contributed by atoms with Crippen LogP contribution in [0.15, 0.2) is 59.5 Å². The summed E-state index contributed by atoms with van der Waals surface area (Å²) in [5.41, 5.74) is 1.85. The van der Waals surface area contributed by atoms with Crippen LogP contribution in [0, 0.1) is 5.92 Å². The number of para-hydroxylation sites is 1. The maximum Gasteiger partial charge on any atom is 0.286 e. The monoisotopic (exact) mass is 484 g/mol. The van der Waals surface area contributed by atoms with Gasteiger partial charge in [-0.25, -0.2) is 8.42 Å². The van der Waals surface area contributed by atoms with Gasteiger partial charge in [0.2, 0.25) is 15.0 Å². The average molecular weight is 485 g/mol. The first-order chi connectivity index (χ1) is 15.8. The molecule has 0 atom stereocenters. The molecular formula is C24H28N4O3S2. The minimum absolute atomic E-state index is 0.0978. The Morgan fingerprint density at radius 1 is 1.06 bits per heavy atom. The molecule has 9 heteroatoms. The number of nitrogens with zero attached hydrogens (tertiary/aromatic N) is 3. The van der Waals surface area contributed by atoms with E-state index in [1.165, 1.54) is 11.3 Å². The van der Waals surface area contributed by atoms with Crippen LogP contribution in [0.1, 0.15) is 53.0 Å². The van der Waals surface area contributed by atoms with Gasteiger partial charge in [0.1, 0.15) is 5.01 Å². The first-order valence-corrected chi connectivity index (χ1v) is 13.4. The summed E-state index contributed by atoms with van der Waals surface area (Å²) in [6, 6.07) is 16.4. The molecule has 1 fully saturated rings. The molecule has 1 amide bonds. The van der Waals surface area contributed by atoms with Gasteiger partial charge in [-0.05, 0) is 55.0 Å². The third-order valence-corrected chi connectivity index (χ3v) is 8.67. The lowest BCUT2D eigenvalue weighted by atomic mass is 9.99. The van der Waals surface area contributed by atoms with Crippen molar-refractivity contribution in [2.45, 2.75) is 43.9 Å². The van der Waals surface area contributed by atoms with E-state index in [2.05, 4.69) is 29.4 Å². The minimum atomic E-state index is -3.52. The second-order valence-corrected chi connectivity index (χ2v) is 11.6. The van der Waals surface area contributed by atoms with E-state index < -0.39 is 10.0 Å². The van der Waals surface area contributed by atoms with Crippen molar-refractivity contribution in [1.82, 2.24) is 14.5 Å². The van der Waals surface area contributed by atoms with Crippen LogP contribution in [0.4, 0.5) is 5.69 Å². The second-order valence-electron chi connectivity index (χ2n) is 8.69. The topological polar surface area (TPSA) is 92.3 Å². The van der Waals surface area contributed by atoms with Crippen molar-refractivity contribution in [2.24, 2.45) is 5.92 Å². The number of piperidine rings is 1. The largest absolute Gasteiger partial charge is 0.320 e. The van der Waals surface area contributed by atoms with Crippen LogP contribution in [0.3, 0.4) is 0 Å². The van der Waals surface area contributed by atoms with Crippen molar-refractivity contribution in [3.63, 3.8) is 0 Å². The van der Waals surface area contributed by atoms with Crippen molar-refractivity contribution in [3.8, 4) is 0 Å². The van der Waals surface area contributed by atoms with E-state index in [1.54, 1.807) is 16.4 Å². The zero-order valence-corrected chi connectivity index (χ0v) is 20.4. The SMILES string of the molecule is CC(C)Cc1ccc(S(=O)(=O)N2CCC(c3nnc(C(=O)Nc4ccccc4)s3)CC2)cc1. The van der Waals surface area contributed by atoms with E-state index in [1.807, 2.05) is 42.5 Å². The summed E-state index contributed by atoms with van der Waals surface area (Å²) in [6.07, 6.45) is 2.23.